The Labute approximate surface area is 205 Å². The third-order valence-corrected chi connectivity index (χ3v) is 8.74. The van der Waals surface area contributed by atoms with E-state index in [0.29, 0.717) is 5.69 Å². The summed E-state index contributed by atoms with van der Waals surface area (Å²) in [5.41, 5.74) is 3.68. The summed E-state index contributed by atoms with van der Waals surface area (Å²) in [6.07, 6.45) is 4.92. The van der Waals surface area contributed by atoms with Crippen molar-refractivity contribution in [3.63, 3.8) is 0 Å². The van der Waals surface area contributed by atoms with Gasteiger partial charge in [-0.05, 0) is 49.9 Å². The first-order chi connectivity index (χ1) is 17.0. The maximum Gasteiger partial charge on any atom is 0.274 e. The predicted molar refractivity (Wildman–Crippen MR) is 131 cm³/mol. The van der Waals surface area contributed by atoms with Crippen molar-refractivity contribution in [3.05, 3.63) is 77.1 Å². The topological polar surface area (TPSA) is 99.3 Å². The monoisotopic (exact) mass is 489 g/mol. The standard InChI is InChI=1S/C26H27N5O3S/c27-19-20-9-7-8-14-24(20)35(33,34)30-17-15-29(16-18-30)26(32)25-22-12-5-2-6-13-23(22)31(28-25)21-10-3-1-4-11-21/h1,3-4,7-11,14H,2,5-6,12-13,15-18H2. The average Bonchev–Trinajstić information content (AvgIpc) is 3.09. The number of rotatable bonds is 4. The maximum atomic E-state index is 13.6. The molecule has 1 aliphatic heterocycles. The van der Waals surface area contributed by atoms with Crippen LogP contribution in [0, 0.1) is 11.3 Å². The second-order valence-corrected chi connectivity index (χ2v) is 10.8. The zero-order valence-corrected chi connectivity index (χ0v) is 20.2. The van der Waals surface area contributed by atoms with E-state index in [1.807, 2.05) is 41.1 Å². The van der Waals surface area contributed by atoms with Gasteiger partial charge in [0.1, 0.15) is 6.07 Å². The van der Waals surface area contributed by atoms with Gasteiger partial charge < -0.3 is 4.90 Å². The molecule has 0 N–H and O–H groups in total. The zero-order chi connectivity index (χ0) is 24.4. The summed E-state index contributed by atoms with van der Waals surface area (Å²) in [7, 11) is -3.82. The van der Waals surface area contributed by atoms with Crippen molar-refractivity contribution in [2.75, 3.05) is 26.2 Å². The molecule has 180 valence electrons. The third kappa shape index (κ3) is 4.35. The van der Waals surface area contributed by atoms with Crippen LogP contribution in [0.25, 0.3) is 5.69 Å². The molecule has 0 unspecified atom stereocenters. The summed E-state index contributed by atoms with van der Waals surface area (Å²) in [6.45, 7) is 0.907. The van der Waals surface area contributed by atoms with Crippen LogP contribution in [-0.2, 0) is 22.9 Å². The van der Waals surface area contributed by atoms with Gasteiger partial charge in [-0.15, -0.1) is 0 Å². The van der Waals surface area contributed by atoms with Gasteiger partial charge in [-0.2, -0.15) is 14.7 Å². The highest BCUT2D eigenvalue weighted by Gasteiger charge is 2.34. The van der Waals surface area contributed by atoms with Crippen molar-refractivity contribution in [3.8, 4) is 11.8 Å². The van der Waals surface area contributed by atoms with Gasteiger partial charge in [0.15, 0.2) is 5.69 Å². The molecule has 0 radical (unpaired) electrons. The summed E-state index contributed by atoms with van der Waals surface area (Å²) in [5.74, 6) is -0.146. The van der Waals surface area contributed by atoms with Gasteiger partial charge in [-0.1, -0.05) is 36.8 Å². The molecule has 2 aromatic carbocycles. The summed E-state index contributed by atoms with van der Waals surface area (Å²) in [6, 6.07) is 18.0. The van der Waals surface area contributed by atoms with E-state index in [9.17, 15) is 18.5 Å². The first-order valence-corrected chi connectivity index (χ1v) is 13.4. The van der Waals surface area contributed by atoms with E-state index >= 15 is 0 Å². The molecule has 2 heterocycles. The Morgan fingerprint density at radius 3 is 2.31 bits per heavy atom. The number of hydrogen-bond donors (Lipinski definition) is 0. The number of fused-ring (bicyclic) bond motifs is 1. The molecule has 8 nitrogen and oxygen atoms in total. The molecule has 3 aromatic rings. The van der Waals surface area contributed by atoms with Crippen LogP contribution in [0.1, 0.15) is 46.6 Å². The molecule has 9 heteroatoms. The number of nitriles is 1. The Morgan fingerprint density at radius 2 is 1.57 bits per heavy atom. The smallest absolute Gasteiger partial charge is 0.274 e. The summed E-state index contributed by atoms with van der Waals surface area (Å²) in [4.78, 5) is 15.3. The van der Waals surface area contributed by atoms with Crippen LogP contribution in [0.2, 0.25) is 0 Å². The lowest BCUT2D eigenvalue weighted by molar-refractivity contribution is 0.0690. The Morgan fingerprint density at radius 1 is 0.886 bits per heavy atom. The summed E-state index contributed by atoms with van der Waals surface area (Å²) >= 11 is 0. The van der Waals surface area contributed by atoms with Crippen LogP contribution < -0.4 is 0 Å². The molecule has 1 fully saturated rings. The minimum atomic E-state index is -3.82. The summed E-state index contributed by atoms with van der Waals surface area (Å²) in [5, 5.41) is 14.1. The van der Waals surface area contributed by atoms with Gasteiger partial charge >= 0.3 is 0 Å². The molecule has 0 spiro atoms. The fourth-order valence-electron chi connectivity index (χ4n) is 4.93. The number of piperazine rings is 1. The van der Waals surface area contributed by atoms with Crippen molar-refractivity contribution in [1.29, 1.82) is 5.26 Å². The van der Waals surface area contributed by atoms with Crippen molar-refractivity contribution in [2.24, 2.45) is 0 Å². The SMILES string of the molecule is N#Cc1ccccc1S(=O)(=O)N1CCN(C(=O)c2nn(-c3ccccc3)c3c2CCCCC3)CC1. The fraction of sp³-hybridized carbons (Fsp3) is 0.346. The zero-order valence-electron chi connectivity index (χ0n) is 19.4. The van der Waals surface area contributed by atoms with E-state index in [-0.39, 0.29) is 42.5 Å². The minimum absolute atomic E-state index is 0.00852. The average molecular weight is 490 g/mol. The lowest BCUT2D eigenvalue weighted by Crippen LogP contribution is -2.50. The van der Waals surface area contributed by atoms with Crippen LogP contribution in [0.5, 0.6) is 0 Å². The van der Waals surface area contributed by atoms with Gasteiger partial charge in [-0.25, -0.2) is 13.1 Å². The second kappa shape index (κ2) is 9.64. The van der Waals surface area contributed by atoms with Crippen LogP contribution in [0.15, 0.2) is 59.5 Å². The largest absolute Gasteiger partial charge is 0.335 e. The molecule has 1 amide bonds. The number of para-hydroxylation sites is 1. The number of sulfonamides is 1. The first kappa shape index (κ1) is 23.3. The Bertz CT molecular complexity index is 1380. The van der Waals surface area contributed by atoms with Crippen molar-refractivity contribution in [2.45, 2.75) is 37.0 Å². The molecule has 1 aliphatic carbocycles. The third-order valence-electron chi connectivity index (χ3n) is 6.78. The summed E-state index contributed by atoms with van der Waals surface area (Å²) < 4.78 is 29.6. The number of nitrogens with zero attached hydrogens (tertiary/aromatic N) is 5. The molecular formula is C26H27N5O3S. The molecule has 1 saturated heterocycles. The normalized spacial score (nSPS) is 16.8. The molecular weight excluding hydrogens is 462 g/mol. The van der Waals surface area contributed by atoms with E-state index in [4.69, 9.17) is 5.10 Å². The van der Waals surface area contributed by atoms with E-state index in [1.54, 1.807) is 17.0 Å². The Balaban J connectivity index is 1.38. The van der Waals surface area contributed by atoms with Gasteiger partial charge in [0.25, 0.3) is 5.91 Å². The van der Waals surface area contributed by atoms with Crippen molar-refractivity contribution >= 4 is 15.9 Å². The second-order valence-electron chi connectivity index (χ2n) is 8.89. The number of carbonyl (C=O) groups excluding carboxylic acids is 1. The first-order valence-electron chi connectivity index (χ1n) is 12.0. The predicted octanol–water partition coefficient (Wildman–Crippen LogP) is 3.16. The highest BCUT2D eigenvalue weighted by Crippen LogP contribution is 2.28. The maximum absolute atomic E-state index is 13.6. The number of aromatic nitrogens is 2. The fourth-order valence-corrected chi connectivity index (χ4v) is 6.50. The number of hydrogen-bond acceptors (Lipinski definition) is 5. The van der Waals surface area contributed by atoms with Crippen LogP contribution in [0.4, 0.5) is 0 Å². The van der Waals surface area contributed by atoms with Gasteiger partial charge in [0.2, 0.25) is 10.0 Å². The molecule has 5 rings (SSSR count). The highest BCUT2D eigenvalue weighted by molar-refractivity contribution is 7.89. The Hall–Kier alpha value is -3.48. The molecule has 0 atom stereocenters. The quantitative estimate of drug-likeness (QED) is 0.524. The minimum Gasteiger partial charge on any atom is -0.335 e. The Kier molecular flexibility index (Phi) is 6.41. The van der Waals surface area contributed by atoms with Crippen LogP contribution in [-0.4, -0.2) is 59.5 Å². The van der Waals surface area contributed by atoms with Gasteiger partial charge in [0.05, 0.1) is 16.1 Å². The van der Waals surface area contributed by atoms with Gasteiger partial charge in [-0.3, -0.25) is 4.79 Å². The molecule has 0 saturated carbocycles. The van der Waals surface area contributed by atoms with E-state index < -0.39 is 10.0 Å². The van der Waals surface area contributed by atoms with Crippen molar-refractivity contribution in [1.82, 2.24) is 19.0 Å². The highest BCUT2D eigenvalue weighted by atomic mass is 32.2. The lowest BCUT2D eigenvalue weighted by Gasteiger charge is -2.34. The van der Waals surface area contributed by atoms with Crippen LogP contribution >= 0.6 is 0 Å². The number of benzene rings is 2. The molecule has 35 heavy (non-hydrogen) atoms. The molecule has 0 bridgehead atoms. The van der Waals surface area contributed by atoms with Crippen LogP contribution in [0.3, 0.4) is 0 Å². The van der Waals surface area contributed by atoms with E-state index in [2.05, 4.69) is 0 Å². The molecule has 1 aromatic heterocycles. The van der Waals surface area contributed by atoms with Crippen molar-refractivity contribution < 1.29 is 13.2 Å². The van der Waals surface area contributed by atoms with E-state index in [1.165, 1.54) is 16.4 Å². The number of carbonyl (C=O) groups is 1. The number of amides is 1. The molecule has 2 aliphatic rings. The van der Waals surface area contributed by atoms with Gasteiger partial charge in [0, 0.05) is 37.4 Å². The van der Waals surface area contributed by atoms with E-state index in [0.717, 1.165) is 49.0 Å². The lowest BCUT2D eigenvalue weighted by atomic mass is 10.1.